The molecule has 5 heteroatoms. The van der Waals surface area contributed by atoms with Crippen molar-refractivity contribution >= 4 is 12.0 Å². The SMILES string of the molecule is COC(=O)Cc1ccccc1OCc1cc2c(c(-c3cccc(CN)c3F)c1)C=C(C)C2. The zero-order valence-corrected chi connectivity index (χ0v) is 18.3. The van der Waals surface area contributed by atoms with Crippen LogP contribution in [0.25, 0.3) is 17.2 Å². The van der Waals surface area contributed by atoms with Crippen LogP contribution in [0.5, 0.6) is 5.75 Å². The fourth-order valence-corrected chi connectivity index (χ4v) is 4.12. The van der Waals surface area contributed by atoms with E-state index in [4.69, 9.17) is 15.2 Å². The zero-order chi connectivity index (χ0) is 22.7. The summed E-state index contributed by atoms with van der Waals surface area (Å²) in [6.45, 7) is 2.53. The molecule has 3 aromatic rings. The number of ether oxygens (including phenoxy) is 2. The maximum Gasteiger partial charge on any atom is 0.310 e. The lowest BCUT2D eigenvalue weighted by Gasteiger charge is -2.15. The molecule has 0 atom stereocenters. The molecule has 0 aromatic heterocycles. The molecule has 1 aliphatic rings. The van der Waals surface area contributed by atoms with Crippen molar-refractivity contribution in [3.05, 3.63) is 93.8 Å². The first-order valence-corrected chi connectivity index (χ1v) is 10.6. The molecule has 0 saturated carbocycles. The summed E-state index contributed by atoms with van der Waals surface area (Å²) in [5, 5.41) is 0. The highest BCUT2D eigenvalue weighted by atomic mass is 19.1. The molecule has 3 aromatic carbocycles. The minimum Gasteiger partial charge on any atom is -0.489 e. The Kier molecular flexibility index (Phi) is 6.37. The summed E-state index contributed by atoms with van der Waals surface area (Å²) < 4.78 is 26.0. The molecule has 0 amide bonds. The molecule has 164 valence electrons. The van der Waals surface area contributed by atoms with Gasteiger partial charge in [0.05, 0.1) is 13.5 Å². The number of para-hydroxylation sites is 1. The summed E-state index contributed by atoms with van der Waals surface area (Å²) in [5.41, 5.74) is 12.7. The number of esters is 1. The highest BCUT2D eigenvalue weighted by Crippen LogP contribution is 2.37. The zero-order valence-electron chi connectivity index (χ0n) is 18.3. The van der Waals surface area contributed by atoms with Crippen molar-refractivity contribution < 1.29 is 18.7 Å². The fraction of sp³-hybridized carbons (Fsp3) is 0.222. The normalized spacial score (nSPS) is 12.3. The van der Waals surface area contributed by atoms with Crippen molar-refractivity contribution in [2.75, 3.05) is 7.11 Å². The summed E-state index contributed by atoms with van der Waals surface area (Å²) in [6.07, 6.45) is 3.09. The standard InChI is InChI=1S/C27H26FNO3/c1-17-10-21-12-18(16-32-25-9-4-3-6-19(25)14-26(30)31-2)13-24(23(21)11-17)22-8-5-7-20(15-29)27(22)28/h3-9,11-13H,10,14-16,29H2,1-2H3. The molecular formula is C27H26FNO3. The lowest BCUT2D eigenvalue weighted by Crippen LogP contribution is -2.07. The Morgan fingerprint density at radius 2 is 1.84 bits per heavy atom. The maximum atomic E-state index is 15.1. The van der Waals surface area contributed by atoms with Gasteiger partial charge in [0, 0.05) is 23.2 Å². The highest BCUT2D eigenvalue weighted by Gasteiger charge is 2.20. The van der Waals surface area contributed by atoms with Gasteiger partial charge in [0.15, 0.2) is 0 Å². The molecule has 0 radical (unpaired) electrons. The smallest absolute Gasteiger partial charge is 0.310 e. The maximum absolute atomic E-state index is 15.1. The number of allylic oxidation sites excluding steroid dienone is 1. The Balaban J connectivity index is 1.68. The number of carbonyl (C=O) groups excluding carboxylic acids is 1. The van der Waals surface area contributed by atoms with Crippen LogP contribution in [0.1, 0.15) is 34.7 Å². The van der Waals surface area contributed by atoms with E-state index in [1.54, 1.807) is 12.1 Å². The van der Waals surface area contributed by atoms with Crippen molar-refractivity contribution in [3.8, 4) is 16.9 Å². The third-order valence-corrected chi connectivity index (χ3v) is 5.70. The number of halogens is 1. The van der Waals surface area contributed by atoms with Crippen LogP contribution in [0.3, 0.4) is 0 Å². The van der Waals surface area contributed by atoms with Gasteiger partial charge < -0.3 is 15.2 Å². The van der Waals surface area contributed by atoms with Crippen LogP contribution < -0.4 is 10.5 Å². The number of benzene rings is 3. The van der Waals surface area contributed by atoms with E-state index in [-0.39, 0.29) is 24.8 Å². The van der Waals surface area contributed by atoms with Crippen molar-refractivity contribution in [1.82, 2.24) is 0 Å². The molecule has 2 N–H and O–H groups in total. The summed E-state index contributed by atoms with van der Waals surface area (Å²) in [7, 11) is 1.37. The van der Waals surface area contributed by atoms with Crippen LogP contribution in [0.15, 0.2) is 60.2 Å². The van der Waals surface area contributed by atoms with E-state index in [1.807, 2.05) is 36.4 Å². The van der Waals surface area contributed by atoms with Gasteiger partial charge in [0.2, 0.25) is 0 Å². The number of hydrogen-bond acceptors (Lipinski definition) is 4. The van der Waals surface area contributed by atoms with Crippen LogP contribution in [0, 0.1) is 5.82 Å². The van der Waals surface area contributed by atoms with Gasteiger partial charge in [-0.2, -0.15) is 0 Å². The Bertz CT molecular complexity index is 1200. The summed E-state index contributed by atoms with van der Waals surface area (Å²) >= 11 is 0. The summed E-state index contributed by atoms with van der Waals surface area (Å²) in [4.78, 5) is 11.7. The van der Waals surface area contributed by atoms with Gasteiger partial charge in [-0.25, -0.2) is 4.39 Å². The third-order valence-electron chi connectivity index (χ3n) is 5.70. The quantitative estimate of drug-likeness (QED) is 0.522. The van der Waals surface area contributed by atoms with Crippen LogP contribution in [-0.4, -0.2) is 13.1 Å². The predicted molar refractivity (Wildman–Crippen MR) is 124 cm³/mol. The molecular weight excluding hydrogens is 405 g/mol. The van der Waals surface area contributed by atoms with E-state index in [2.05, 4.69) is 19.1 Å². The van der Waals surface area contributed by atoms with Gasteiger partial charge in [-0.1, -0.05) is 54.1 Å². The highest BCUT2D eigenvalue weighted by molar-refractivity contribution is 5.82. The molecule has 0 saturated heterocycles. The van der Waals surface area contributed by atoms with E-state index in [0.29, 0.717) is 23.5 Å². The van der Waals surface area contributed by atoms with Crippen molar-refractivity contribution in [2.24, 2.45) is 5.73 Å². The van der Waals surface area contributed by atoms with Crippen LogP contribution >= 0.6 is 0 Å². The molecule has 4 nitrogen and oxygen atoms in total. The van der Waals surface area contributed by atoms with Crippen molar-refractivity contribution in [1.29, 1.82) is 0 Å². The number of nitrogens with two attached hydrogens (primary N) is 1. The van der Waals surface area contributed by atoms with E-state index >= 15 is 4.39 Å². The van der Waals surface area contributed by atoms with Gasteiger partial charge in [-0.15, -0.1) is 0 Å². The molecule has 4 rings (SSSR count). The minimum absolute atomic E-state index is 0.141. The van der Waals surface area contributed by atoms with E-state index in [0.717, 1.165) is 34.2 Å². The van der Waals surface area contributed by atoms with Crippen LogP contribution in [0.4, 0.5) is 4.39 Å². The summed E-state index contributed by atoms with van der Waals surface area (Å²) in [6, 6.07) is 16.8. The molecule has 1 aliphatic carbocycles. The Morgan fingerprint density at radius 1 is 1.06 bits per heavy atom. The van der Waals surface area contributed by atoms with Crippen LogP contribution in [0.2, 0.25) is 0 Å². The first-order chi connectivity index (χ1) is 15.5. The molecule has 0 heterocycles. The number of fused-ring (bicyclic) bond motifs is 1. The molecule has 32 heavy (non-hydrogen) atoms. The molecule has 0 spiro atoms. The average molecular weight is 432 g/mol. The average Bonchev–Trinajstić information content (AvgIpc) is 3.18. The Labute approximate surface area is 187 Å². The second-order valence-electron chi connectivity index (χ2n) is 8.02. The van der Waals surface area contributed by atoms with Gasteiger partial charge in [-0.3, -0.25) is 4.79 Å². The lowest BCUT2D eigenvalue weighted by molar-refractivity contribution is -0.139. The lowest BCUT2D eigenvalue weighted by atomic mass is 9.93. The monoisotopic (exact) mass is 431 g/mol. The first-order valence-electron chi connectivity index (χ1n) is 10.6. The van der Waals surface area contributed by atoms with Gasteiger partial charge in [-0.05, 0) is 47.7 Å². The van der Waals surface area contributed by atoms with Crippen LogP contribution in [-0.2, 0) is 35.5 Å². The largest absolute Gasteiger partial charge is 0.489 e. The second kappa shape index (κ2) is 9.37. The number of methoxy groups -OCH3 is 1. The Hall–Kier alpha value is -3.44. The number of rotatable bonds is 7. The van der Waals surface area contributed by atoms with Gasteiger partial charge in [0.1, 0.15) is 18.2 Å². The fourth-order valence-electron chi connectivity index (χ4n) is 4.12. The summed E-state index contributed by atoms with van der Waals surface area (Å²) in [5.74, 6) is 0.0277. The molecule has 0 fully saturated rings. The molecule has 0 bridgehead atoms. The topological polar surface area (TPSA) is 61.5 Å². The minimum atomic E-state index is -0.322. The number of carbonyl (C=O) groups is 1. The third kappa shape index (κ3) is 4.43. The van der Waals surface area contributed by atoms with Crippen molar-refractivity contribution in [3.63, 3.8) is 0 Å². The van der Waals surface area contributed by atoms with E-state index in [1.165, 1.54) is 12.7 Å². The first kappa shape index (κ1) is 21.8. The predicted octanol–water partition coefficient (Wildman–Crippen LogP) is 5.21. The second-order valence-corrected chi connectivity index (χ2v) is 8.02. The van der Waals surface area contributed by atoms with Gasteiger partial charge >= 0.3 is 5.97 Å². The molecule has 0 unspecified atom stereocenters. The van der Waals surface area contributed by atoms with Gasteiger partial charge in [0.25, 0.3) is 0 Å². The molecule has 0 aliphatic heterocycles. The Morgan fingerprint density at radius 3 is 2.62 bits per heavy atom. The van der Waals surface area contributed by atoms with E-state index < -0.39 is 0 Å². The van der Waals surface area contributed by atoms with Crippen molar-refractivity contribution in [2.45, 2.75) is 32.9 Å². The number of hydrogen-bond donors (Lipinski definition) is 1. The van der Waals surface area contributed by atoms with E-state index in [9.17, 15) is 4.79 Å².